The van der Waals surface area contributed by atoms with E-state index in [1.54, 1.807) is 18.3 Å². The molecule has 1 fully saturated rings. The Bertz CT molecular complexity index is 785. The molecule has 22 heavy (non-hydrogen) atoms. The molecule has 2 aromatic rings. The molecule has 0 bridgehead atoms. The van der Waals surface area contributed by atoms with Crippen LogP contribution in [0, 0.1) is 11.3 Å². The molecule has 7 heteroatoms. The molecule has 6 nitrogen and oxygen atoms in total. The monoisotopic (exact) mass is 316 g/mol. The first-order chi connectivity index (χ1) is 10.6. The van der Waals surface area contributed by atoms with Crippen LogP contribution in [-0.2, 0) is 10.0 Å². The molecule has 0 aliphatic carbocycles. The van der Waals surface area contributed by atoms with Crippen molar-refractivity contribution in [3.05, 3.63) is 48.3 Å². The van der Waals surface area contributed by atoms with Crippen molar-refractivity contribution in [2.24, 2.45) is 0 Å². The maximum absolute atomic E-state index is 12.7. The normalized spacial score (nSPS) is 17.2. The first-order valence-corrected chi connectivity index (χ1v) is 8.55. The van der Waals surface area contributed by atoms with E-state index in [9.17, 15) is 8.42 Å². The molecule has 0 radical (unpaired) electrons. The summed E-state index contributed by atoms with van der Waals surface area (Å²) in [6.07, 6.45) is 5.07. The number of sulfonamides is 1. The molecule has 1 saturated heterocycles. The van der Waals surface area contributed by atoms with Crippen LogP contribution in [0.15, 0.2) is 47.6 Å². The average Bonchev–Trinajstić information content (AvgIpc) is 3.09. The molecular formula is C15H16N4O2S. The Kier molecular flexibility index (Phi) is 3.96. The van der Waals surface area contributed by atoms with Gasteiger partial charge in [0, 0.05) is 25.5 Å². The molecule has 1 aliphatic rings. The molecule has 3 rings (SSSR count). The summed E-state index contributed by atoms with van der Waals surface area (Å²) in [5.41, 5.74) is 0.191. The number of nitrogens with zero attached hydrogens (tertiary/aromatic N) is 4. The van der Waals surface area contributed by atoms with Crippen molar-refractivity contribution >= 4 is 10.0 Å². The zero-order valence-electron chi connectivity index (χ0n) is 12.0. The highest BCUT2D eigenvalue weighted by atomic mass is 32.2. The van der Waals surface area contributed by atoms with E-state index in [-0.39, 0.29) is 16.5 Å². The van der Waals surface area contributed by atoms with E-state index in [2.05, 4.69) is 5.10 Å². The third-order valence-electron chi connectivity index (χ3n) is 3.95. The van der Waals surface area contributed by atoms with Gasteiger partial charge in [0.15, 0.2) is 0 Å². The number of nitriles is 1. The summed E-state index contributed by atoms with van der Waals surface area (Å²) < 4.78 is 28.8. The Morgan fingerprint density at radius 3 is 2.55 bits per heavy atom. The van der Waals surface area contributed by atoms with Gasteiger partial charge in [0.1, 0.15) is 6.07 Å². The minimum atomic E-state index is -3.62. The van der Waals surface area contributed by atoms with Crippen molar-refractivity contribution in [2.75, 3.05) is 13.1 Å². The lowest BCUT2D eigenvalue weighted by atomic mass is 10.1. The van der Waals surface area contributed by atoms with E-state index in [0.29, 0.717) is 13.1 Å². The first-order valence-electron chi connectivity index (χ1n) is 7.11. The van der Waals surface area contributed by atoms with Gasteiger partial charge in [-0.25, -0.2) is 8.42 Å². The van der Waals surface area contributed by atoms with Crippen LogP contribution >= 0.6 is 0 Å². The van der Waals surface area contributed by atoms with Crippen LogP contribution in [0.2, 0.25) is 0 Å². The van der Waals surface area contributed by atoms with E-state index in [1.807, 2.05) is 23.0 Å². The molecule has 1 aliphatic heterocycles. The van der Waals surface area contributed by atoms with Crippen molar-refractivity contribution in [2.45, 2.75) is 23.8 Å². The molecule has 1 aromatic carbocycles. The molecule has 1 aromatic heterocycles. The van der Waals surface area contributed by atoms with E-state index in [1.165, 1.54) is 16.4 Å². The molecule has 0 saturated carbocycles. The molecule has 2 heterocycles. The maximum atomic E-state index is 12.7. The van der Waals surface area contributed by atoms with Crippen LogP contribution in [0.4, 0.5) is 0 Å². The lowest BCUT2D eigenvalue weighted by Crippen LogP contribution is -2.39. The molecule has 0 atom stereocenters. The van der Waals surface area contributed by atoms with Crippen LogP contribution in [0.25, 0.3) is 0 Å². The summed E-state index contributed by atoms with van der Waals surface area (Å²) in [5.74, 6) is 0. The highest BCUT2D eigenvalue weighted by Gasteiger charge is 2.31. The average molecular weight is 316 g/mol. The van der Waals surface area contributed by atoms with Gasteiger partial charge in [-0.3, -0.25) is 4.68 Å². The van der Waals surface area contributed by atoms with Gasteiger partial charge in [-0.1, -0.05) is 12.1 Å². The number of piperidine rings is 1. The summed E-state index contributed by atoms with van der Waals surface area (Å²) >= 11 is 0. The van der Waals surface area contributed by atoms with Gasteiger partial charge in [0.25, 0.3) is 0 Å². The topological polar surface area (TPSA) is 79.0 Å². The molecule has 114 valence electrons. The van der Waals surface area contributed by atoms with E-state index >= 15 is 0 Å². The maximum Gasteiger partial charge on any atom is 0.244 e. The minimum absolute atomic E-state index is 0.0926. The Hall–Kier alpha value is -2.17. The zero-order chi connectivity index (χ0) is 15.6. The van der Waals surface area contributed by atoms with Crippen LogP contribution in [0.1, 0.15) is 24.4 Å². The molecular weight excluding hydrogens is 300 g/mol. The number of hydrogen-bond acceptors (Lipinski definition) is 4. The van der Waals surface area contributed by atoms with Gasteiger partial charge in [-0.15, -0.1) is 0 Å². The van der Waals surface area contributed by atoms with Crippen molar-refractivity contribution in [3.63, 3.8) is 0 Å². The minimum Gasteiger partial charge on any atom is -0.270 e. The standard InChI is InChI=1S/C15H16N4O2S/c16-12-13-4-1-2-5-15(13)22(20,21)18-10-6-14(7-11-18)19-9-3-8-17-19/h1-5,8-9,14H,6-7,10-11H2. The number of aromatic nitrogens is 2. The van der Waals surface area contributed by atoms with Crippen molar-refractivity contribution < 1.29 is 8.42 Å². The van der Waals surface area contributed by atoms with Crippen LogP contribution in [0.5, 0.6) is 0 Å². The van der Waals surface area contributed by atoms with Crippen molar-refractivity contribution in [1.29, 1.82) is 5.26 Å². The fraction of sp³-hybridized carbons (Fsp3) is 0.333. The highest BCUT2D eigenvalue weighted by molar-refractivity contribution is 7.89. The van der Waals surface area contributed by atoms with Crippen molar-refractivity contribution in [3.8, 4) is 6.07 Å². The molecule has 0 amide bonds. The number of benzene rings is 1. The summed E-state index contributed by atoms with van der Waals surface area (Å²) in [7, 11) is -3.62. The van der Waals surface area contributed by atoms with E-state index in [0.717, 1.165) is 12.8 Å². The third-order valence-corrected chi connectivity index (χ3v) is 5.90. The molecule has 0 spiro atoms. The van der Waals surface area contributed by atoms with E-state index < -0.39 is 10.0 Å². The van der Waals surface area contributed by atoms with Gasteiger partial charge in [0.05, 0.1) is 16.5 Å². The first kappa shape index (κ1) is 14.8. The van der Waals surface area contributed by atoms with E-state index in [4.69, 9.17) is 5.26 Å². The fourth-order valence-corrected chi connectivity index (χ4v) is 4.38. The Labute approximate surface area is 129 Å². The predicted molar refractivity (Wildman–Crippen MR) is 80.4 cm³/mol. The lowest BCUT2D eigenvalue weighted by molar-refractivity contribution is 0.261. The highest BCUT2D eigenvalue weighted by Crippen LogP contribution is 2.27. The van der Waals surface area contributed by atoms with Crippen molar-refractivity contribution in [1.82, 2.24) is 14.1 Å². The Morgan fingerprint density at radius 2 is 1.91 bits per heavy atom. The summed E-state index contributed by atoms with van der Waals surface area (Å²) in [6.45, 7) is 0.874. The fourth-order valence-electron chi connectivity index (χ4n) is 2.77. The van der Waals surface area contributed by atoms with Gasteiger partial charge in [-0.2, -0.15) is 14.7 Å². The lowest BCUT2D eigenvalue weighted by Gasteiger charge is -2.31. The smallest absolute Gasteiger partial charge is 0.244 e. The zero-order valence-corrected chi connectivity index (χ0v) is 12.8. The van der Waals surface area contributed by atoms with Crippen LogP contribution in [0.3, 0.4) is 0 Å². The summed E-state index contributed by atoms with van der Waals surface area (Å²) in [4.78, 5) is 0.0926. The summed E-state index contributed by atoms with van der Waals surface area (Å²) in [5, 5.41) is 13.3. The van der Waals surface area contributed by atoms with Gasteiger partial charge >= 0.3 is 0 Å². The number of hydrogen-bond donors (Lipinski definition) is 0. The second kappa shape index (κ2) is 5.91. The van der Waals surface area contributed by atoms with Crippen LogP contribution < -0.4 is 0 Å². The Balaban J connectivity index is 1.79. The predicted octanol–water partition coefficient (Wildman–Crippen LogP) is 1.78. The van der Waals surface area contributed by atoms with Gasteiger partial charge < -0.3 is 0 Å². The summed E-state index contributed by atoms with van der Waals surface area (Å²) in [6, 6.07) is 10.4. The largest absolute Gasteiger partial charge is 0.270 e. The second-order valence-corrected chi connectivity index (χ2v) is 7.14. The second-order valence-electron chi connectivity index (χ2n) is 5.23. The van der Waals surface area contributed by atoms with Gasteiger partial charge in [-0.05, 0) is 31.0 Å². The number of rotatable bonds is 3. The quantitative estimate of drug-likeness (QED) is 0.864. The SMILES string of the molecule is N#Cc1ccccc1S(=O)(=O)N1CCC(n2cccn2)CC1. The van der Waals surface area contributed by atoms with Gasteiger partial charge in [0.2, 0.25) is 10.0 Å². The Morgan fingerprint density at radius 1 is 1.18 bits per heavy atom. The van der Waals surface area contributed by atoms with Crippen LogP contribution in [-0.4, -0.2) is 35.6 Å². The third kappa shape index (κ3) is 2.63. The molecule has 0 N–H and O–H groups in total. The molecule has 0 unspecified atom stereocenters.